The third-order valence-electron chi connectivity index (χ3n) is 4.78. The van der Waals surface area contributed by atoms with Crippen LogP contribution in [0.1, 0.15) is 25.0 Å². The molecule has 0 radical (unpaired) electrons. The lowest BCUT2D eigenvalue weighted by atomic mass is 10.0. The van der Waals surface area contributed by atoms with E-state index in [0.717, 1.165) is 41.3 Å². The molecule has 1 aromatic carbocycles. The van der Waals surface area contributed by atoms with Crippen LogP contribution in [0.3, 0.4) is 0 Å². The maximum absolute atomic E-state index is 12.7. The minimum absolute atomic E-state index is 0.0465. The minimum atomic E-state index is -0.0465. The Morgan fingerprint density at radius 2 is 1.96 bits per heavy atom. The number of nitrogens with one attached hydrogen (secondary N) is 1. The summed E-state index contributed by atoms with van der Waals surface area (Å²) in [6.07, 6.45) is 0. The van der Waals surface area contributed by atoms with Crippen LogP contribution in [0.25, 0.3) is 21.3 Å². The molecule has 2 heterocycles. The van der Waals surface area contributed by atoms with Crippen LogP contribution in [0.2, 0.25) is 0 Å². The molecular formula is C20H25N3OS2. The van der Waals surface area contributed by atoms with Gasteiger partial charge in [0.25, 0.3) is 5.56 Å². The molecule has 0 unspecified atom stereocenters. The first kappa shape index (κ1) is 19.1. The fourth-order valence-corrected chi connectivity index (χ4v) is 4.80. The zero-order valence-corrected chi connectivity index (χ0v) is 17.4. The lowest BCUT2D eigenvalue weighted by Crippen LogP contribution is -2.25. The highest BCUT2D eigenvalue weighted by Crippen LogP contribution is 2.32. The summed E-state index contributed by atoms with van der Waals surface area (Å²) in [4.78, 5) is 23.5. The van der Waals surface area contributed by atoms with Gasteiger partial charge in [0, 0.05) is 23.2 Å². The van der Waals surface area contributed by atoms with Gasteiger partial charge in [-0.2, -0.15) is 0 Å². The zero-order chi connectivity index (χ0) is 18.7. The third-order valence-corrected chi connectivity index (χ3v) is 6.51. The van der Waals surface area contributed by atoms with Crippen molar-refractivity contribution in [3.05, 3.63) is 45.1 Å². The van der Waals surface area contributed by atoms with Gasteiger partial charge in [-0.1, -0.05) is 43.8 Å². The first-order chi connectivity index (χ1) is 12.5. The quantitative estimate of drug-likeness (QED) is 0.471. The molecule has 4 nitrogen and oxygen atoms in total. The normalized spacial score (nSPS) is 11.6. The van der Waals surface area contributed by atoms with Gasteiger partial charge in [0.2, 0.25) is 0 Å². The fraction of sp³-hybridized carbons (Fsp3) is 0.400. The van der Waals surface area contributed by atoms with Crippen molar-refractivity contribution in [2.45, 2.75) is 32.9 Å². The Kier molecular flexibility index (Phi) is 6.16. The average molecular weight is 388 g/mol. The van der Waals surface area contributed by atoms with Gasteiger partial charge in [0.15, 0.2) is 5.16 Å². The van der Waals surface area contributed by atoms with Crippen LogP contribution in [0, 0.1) is 13.8 Å². The summed E-state index contributed by atoms with van der Waals surface area (Å²) in [5.41, 5.74) is 4.49. The molecule has 0 aliphatic carbocycles. The molecule has 0 atom stereocenters. The Labute approximate surface area is 162 Å². The molecule has 2 aromatic heterocycles. The van der Waals surface area contributed by atoms with E-state index in [-0.39, 0.29) is 5.56 Å². The smallest absolute Gasteiger partial charge is 0.260 e. The maximum Gasteiger partial charge on any atom is 0.260 e. The summed E-state index contributed by atoms with van der Waals surface area (Å²) in [6.45, 7) is 11.6. The zero-order valence-electron chi connectivity index (χ0n) is 15.8. The molecule has 138 valence electrons. The van der Waals surface area contributed by atoms with Crippen LogP contribution in [0.4, 0.5) is 0 Å². The Hall–Kier alpha value is -1.63. The van der Waals surface area contributed by atoms with Crippen molar-refractivity contribution < 1.29 is 0 Å². The monoisotopic (exact) mass is 387 g/mol. The van der Waals surface area contributed by atoms with E-state index in [0.29, 0.717) is 10.5 Å². The van der Waals surface area contributed by atoms with E-state index in [4.69, 9.17) is 0 Å². The van der Waals surface area contributed by atoms with Crippen molar-refractivity contribution in [2.75, 3.05) is 25.4 Å². The lowest BCUT2D eigenvalue weighted by Gasteiger charge is -2.16. The predicted molar refractivity (Wildman–Crippen MR) is 114 cm³/mol. The van der Waals surface area contributed by atoms with Gasteiger partial charge < -0.3 is 9.88 Å². The molecule has 1 N–H and O–H groups in total. The van der Waals surface area contributed by atoms with Gasteiger partial charge in [0.05, 0.1) is 5.39 Å². The topological polar surface area (TPSA) is 49.0 Å². The van der Waals surface area contributed by atoms with Crippen LogP contribution in [0.5, 0.6) is 0 Å². The summed E-state index contributed by atoms with van der Waals surface area (Å²) >= 11 is 3.16. The molecule has 0 aliphatic heterocycles. The summed E-state index contributed by atoms with van der Waals surface area (Å²) in [5.74, 6) is 0.922. The Morgan fingerprint density at radius 1 is 1.19 bits per heavy atom. The van der Waals surface area contributed by atoms with E-state index in [1.165, 1.54) is 11.1 Å². The predicted octanol–water partition coefficient (Wildman–Crippen LogP) is 4.70. The molecule has 3 rings (SSSR count). The number of nitrogens with zero attached hydrogens (tertiary/aromatic N) is 2. The highest BCUT2D eigenvalue weighted by atomic mass is 32.2. The van der Waals surface area contributed by atoms with Crippen molar-refractivity contribution in [3.63, 3.8) is 0 Å². The van der Waals surface area contributed by atoms with Gasteiger partial charge in [-0.15, -0.1) is 11.3 Å². The van der Waals surface area contributed by atoms with E-state index in [2.05, 4.69) is 60.8 Å². The van der Waals surface area contributed by atoms with Crippen molar-refractivity contribution in [3.8, 4) is 11.1 Å². The molecular weight excluding hydrogens is 362 g/mol. The Morgan fingerprint density at radius 3 is 2.65 bits per heavy atom. The van der Waals surface area contributed by atoms with E-state index >= 15 is 0 Å². The molecule has 0 amide bonds. The standard InChI is InChI=1S/C20H25N3OS2/c1-5-23(6-2)9-10-25-20-21-18(24)17-16(12-26-19(17)22-20)15-8-7-13(3)14(4)11-15/h7-8,11-12H,5-6,9-10H2,1-4H3,(H,21,22,24). The summed E-state index contributed by atoms with van der Waals surface area (Å²) in [5, 5.41) is 3.45. The molecule has 26 heavy (non-hydrogen) atoms. The number of aromatic amines is 1. The van der Waals surface area contributed by atoms with Crippen LogP contribution in [-0.4, -0.2) is 40.3 Å². The number of hydrogen-bond donors (Lipinski definition) is 1. The molecule has 0 saturated carbocycles. The van der Waals surface area contributed by atoms with Gasteiger partial charge in [-0.05, 0) is 43.6 Å². The van der Waals surface area contributed by atoms with Crippen LogP contribution in [-0.2, 0) is 0 Å². The second-order valence-corrected chi connectivity index (χ2v) is 8.32. The molecule has 3 aromatic rings. The summed E-state index contributed by atoms with van der Waals surface area (Å²) in [7, 11) is 0. The maximum atomic E-state index is 12.7. The highest BCUT2D eigenvalue weighted by Gasteiger charge is 2.14. The number of aromatic nitrogens is 2. The highest BCUT2D eigenvalue weighted by molar-refractivity contribution is 7.99. The number of aryl methyl sites for hydroxylation is 2. The number of hydrogen-bond acceptors (Lipinski definition) is 5. The molecule has 6 heteroatoms. The largest absolute Gasteiger partial charge is 0.303 e. The number of thioether (sulfide) groups is 1. The van der Waals surface area contributed by atoms with Crippen LogP contribution < -0.4 is 5.56 Å². The van der Waals surface area contributed by atoms with E-state index in [1.807, 2.05) is 5.38 Å². The van der Waals surface area contributed by atoms with E-state index in [1.54, 1.807) is 23.1 Å². The van der Waals surface area contributed by atoms with Gasteiger partial charge in [-0.25, -0.2) is 4.98 Å². The first-order valence-electron chi connectivity index (χ1n) is 8.97. The van der Waals surface area contributed by atoms with Crippen LogP contribution >= 0.6 is 23.1 Å². The molecule has 0 spiro atoms. The minimum Gasteiger partial charge on any atom is -0.303 e. The number of rotatable bonds is 7. The number of H-pyrrole nitrogens is 1. The average Bonchev–Trinajstić information content (AvgIpc) is 3.06. The number of thiophene rings is 1. The SMILES string of the molecule is CCN(CC)CCSc1nc2scc(-c3ccc(C)c(C)c3)c2c(=O)[nH]1. The van der Waals surface area contributed by atoms with Crippen molar-refractivity contribution in [1.82, 2.24) is 14.9 Å². The lowest BCUT2D eigenvalue weighted by molar-refractivity contribution is 0.324. The van der Waals surface area contributed by atoms with Gasteiger partial charge >= 0.3 is 0 Å². The second-order valence-electron chi connectivity index (χ2n) is 6.37. The van der Waals surface area contributed by atoms with Crippen molar-refractivity contribution in [2.24, 2.45) is 0 Å². The second kappa shape index (κ2) is 8.37. The summed E-state index contributed by atoms with van der Waals surface area (Å²) in [6, 6.07) is 6.33. The van der Waals surface area contributed by atoms with Crippen LogP contribution in [0.15, 0.2) is 33.5 Å². The Bertz CT molecular complexity index is 957. The molecule has 0 fully saturated rings. The van der Waals surface area contributed by atoms with Gasteiger partial charge in [-0.3, -0.25) is 4.79 Å². The fourth-order valence-electron chi connectivity index (χ4n) is 2.93. The molecule has 0 saturated heterocycles. The van der Waals surface area contributed by atoms with E-state index in [9.17, 15) is 4.79 Å². The number of benzene rings is 1. The summed E-state index contributed by atoms with van der Waals surface area (Å²) < 4.78 is 0. The van der Waals surface area contributed by atoms with Gasteiger partial charge in [0.1, 0.15) is 4.83 Å². The molecule has 0 bridgehead atoms. The van der Waals surface area contributed by atoms with Crippen molar-refractivity contribution >= 4 is 33.3 Å². The molecule has 0 aliphatic rings. The van der Waals surface area contributed by atoms with E-state index < -0.39 is 0 Å². The first-order valence-corrected chi connectivity index (χ1v) is 10.8. The van der Waals surface area contributed by atoms with Crippen molar-refractivity contribution in [1.29, 1.82) is 0 Å². The third kappa shape index (κ3) is 4.03. The Balaban J connectivity index is 1.87. The number of fused-ring (bicyclic) bond motifs is 1.